The standard InChI is InChI=1S/C24H27N3O5S/c1-3-4-14-32-23(30)16-6-9-18(10-7-16)25-21(28)17-8-11-19-20(15-17)26-24(33)27(22(19)29)12-5-13-31-2/h6-11,15H,3-5,12-14H2,1-2H3,(H,25,28)(H,26,33). The molecule has 8 nitrogen and oxygen atoms in total. The van der Waals surface area contributed by atoms with Gasteiger partial charge in [0, 0.05) is 31.5 Å². The number of anilines is 1. The van der Waals surface area contributed by atoms with Crippen molar-refractivity contribution < 1.29 is 19.1 Å². The maximum atomic E-state index is 12.8. The number of ether oxygens (including phenoxy) is 2. The van der Waals surface area contributed by atoms with Crippen LogP contribution in [0, 0.1) is 4.77 Å². The van der Waals surface area contributed by atoms with Gasteiger partial charge < -0.3 is 19.8 Å². The number of esters is 1. The topological polar surface area (TPSA) is 102 Å². The molecule has 9 heteroatoms. The van der Waals surface area contributed by atoms with E-state index in [9.17, 15) is 14.4 Å². The maximum absolute atomic E-state index is 12.8. The first-order valence-electron chi connectivity index (χ1n) is 10.8. The Morgan fingerprint density at radius 3 is 2.48 bits per heavy atom. The number of benzene rings is 2. The number of nitrogens with zero attached hydrogens (tertiary/aromatic N) is 1. The molecule has 1 aromatic heterocycles. The van der Waals surface area contributed by atoms with Gasteiger partial charge in [0.1, 0.15) is 0 Å². The molecule has 3 rings (SSSR count). The molecule has 0 radical (unpaired) electrons. The largest absolute Gasteiger partial charge is 0.462 e. The summed E-state index contributed by atoms with van der Waals surface area (Å²) in [7, 11) is 1.60. The van der Waals surface area contributed by atoms with Crippen molar-refractivity contribution in [1.82, 2.24) is 9.55 Å². The number of amides is 1. The minimum absolute atomic E-state index is 0.210. The molecule has 3 aromatic rings. The summed E-state index contributed by atoms with van der Waals surface area (Å²) in [5, 5.41) is 3.24. The smallest absolute Gasteiger partial charge is 0.338 e. The molecule has 33 heavy (non-hydrogen) atoms. The number of aromatic amines is 1. The van der Waals surface area contributed by atoms with Crippen LogP contribution < -0.4 is 10.9 Å². The Labute approximate surface area is 196 Å². The number of nitrogens with one attached hydrogen (secondary N) is 2. The van der Waals surface area contributed by atoms with Crippen molar-refractivity contribution in [3.05, 3.63) is 68.7 Å². The second-order valence-corrected chi connectivity index (χ2v) is 7.90. The molecule has 0 fully saturated rings. The number of hydrogen-bond donors (Lipinski definition) is 2. The fraction of sp³-hybridized carbons (Fsp3) is 0.333. The van der Waals surface area contributed by atoms with E-state index >= 15 is 0 Å². The SMILES string of the molecule is CCCCOC(=O)c1ccc(NC(=O)c2ccc3c(=O)n(CCCOC)c(=S)[nH]c3c2)cc1. The molecule has 0 atom stereocenters. The van der Waals surface area contributed by atoms with Crippen molar-refractivity contribution in [3.8, 4) is 0 Å². The molecule has 2 N–H and O–H groups in total. The minimum atomic E-state index is -0.390. The molecule has 0 aliphatic rings. The van der Waals surface area contributed by atoms with E-state index in [0.29, 0.717) is 58.7 Å². The van der Waals surface area contributed by atoms with Gasteiger partial charge in [-0.2, -0.15) is 0 Å². The van der Waals surface area contributed by atoms with Gasteiger partial charge in [-0.25, -0.2) is 4.79 Å². The summed E-state index contributed by atoms with van der Waals surface area (Å²) in [6.45, 7) is 3.38. The zero-order valence-electron chi connectivity index (χ0n) is 18.7. The molecule has 0 bridgehead atoms. The van der Waals surface area contributed by atoms with E-state index in [4.69, 9.17) is 21.7 Å². The average Bonchev–Trinajstić information content (AvgIpc) is 2.81. The van der Waals surface area contributed by atoms with E-state index in [0.717, 1.165) is 12.8 Å². The van der Waals surface area contributed by atoms with Gasteiger partial charge in [0.2, 0.25) is 0 Å². The summed E-state index contributed by atoms with van der Waals surface area (Å²) in [6, 6.07) is 11.3. The van der Waals surface area contributed by atoms with Crippen LogP contribution >= 0.6 is 12.2 Å². The molecule has 1 heterocycles. The number of hydrogen-bond acceptors (Lipinski definition) is 6. The third-order valence-corrected chi connectivity index (χ3v) is 5.41. The van der Waals surface area contributed by atoms with E-state index in [1.165, 1.54) is 4.57 Å². The molecule has 0 aliphatic carbocycles. The summed E-state index contributed by atoms with van der Waals surface area (Å²) in [5.41, 5.74) is 1.60. The molecule has 0 aliphatic heterocycles. The van der Waals surface area contributed by atoms with Gasteiger partial charge in [-0.05, 0) is 67.5 Å². The molecule has 0 saturated heterocycles. The highest BCUT2D eigenvalue weighted by Crippen LogP contribution is 2.15. The summed E-state index contributed by atoms with van der Waals surface area (Å²) < 4.78 is 12.0. The predicted octanol–water partition coefficient (Wildman–Crippen LogP) is 4.30. The lowest BCUT2D eigenvalue weighted by molar-refractivity contribution is 0.0499. The molecule has 0 unspecified atom stereocenters. The van der Waals surface area contributed by atoms with Crippen LogP contribution in [0.5, 0.6) is 0 Å². The molecule has 0 spiro atoms. The Kier molecular flexibility index (Phi) is 8.51. The summed E-state index contributed by atoms with van der Waals surface area (Å²) in [6.07, 6.45) is 2.43. The Morgan fingerprint density at radius 2 is 1.79 bits per heavy atom. The number of H-pyrrole nitrogens is 1. The molecular formula is C24H27N3O5S. The van der Waals surface area contributed by atoms with E-state index < -0.39 is 0 Å². The van der Waals surface area contributed by atoms with Crippen molar-refractivity contribution in [1.29, 1.82) is 0 Å². The Morgan fingerprint density at radius 1 is 1.06 bits per heavy atom. The monoisotopic (exact) mass is 469 g/mol. The first kappa shape index (κ1) is 24.3. The number of aromatic nitrogens is 2. The van der Waals surface area contributed by atoms with E-state index in [1.54, 1.807) is 49.6 Å². The second-order valence-electron chi connectivity index (χ2n) is 7.51. The molecular weight excluding hydrogens is 442 g/mol. The lowest BCUT2D eigenvalue weighted by atomic mass is 10.1. The van der Waals surface area contributed by atoms with E-state index in [-0.39, 0.29) is 17.4 Å². The van der Waals surface area contributed by atoms with Crippen LogP contribution in [-0.2, 0) is 16.0 Å². The zero-order chi connectivity index (χ0) is 23.8. The average molecular weight is 470 g/mol. The summed E-state index contributed by atoms with van der Waals surface area (Å²) in [5.74, 6) is -0.738. The van der Waals surface area contributed by atoms with Crippen molar-refractivity contribution in [3.63, 3.8) is 0 Å². The van der Waals surface area contributed by atoms with Gasteiger partial charge in [-0.15, -0.1) is 0 Å². The van der Waals surface area contributed by atoms with Gasteiger partial charge >= 0.3 is 5.97 Å². The summed E-state index contributed by atoms with van der Waals surface area (Å²) in [4.78, 5) is 40.5. The van der Waals surface area contributed by atoms with Crippen LogP contribution in [0.2, 0.25) is 0 Å². The number of carbonyl (C=O) groups excluding carboxylic acids is 2. The van der Waals surface area contributed by atoms with E-state index in [2.05, 4.69) is 10.3 Å². The van der Waals surface area contributed by atoms with Gasteiger partial charge in [0.15, 0.2) is 4.77 Å². The third-order valence-electron chi connectivity index (χ3n) is 5.08. The molecule has 0 saturated carbocycles. The molecule has 1 amide bonds. The van der Waals surface area contributed by atoms with Crippen molar-refractivity contribution in [2.75, 3.05) is 25.6 Å². The lowest BCUT2D eigenvalue weighted by Crippen LogP contribution is -2.23. The first-order valence-corrected chi connectivity index (χ1v) is 11.2. The fourth-order valence-electron chi connectivity index (χ4n) is 3.25. The quantitative estimate of drug-likeness (QED) is 0.261. The Bertz CT molecular complexity index is 1250. The van der Waals surface area contributed by atoms with Crippen LogP contribution in [0.4, 0.5) is 5.69 Å². The number of fused-ring (bicyclic) bond motifs is 1. The second kappa shape index (κ2) is 11.5. The third kappa shape index (κ3) is 6.15. The van der Waals surface area contributed by atoms with Crippen LogP contribution in [0.15, 0.2) is 47.3 Å². The first-order chi connectivity index (χ1) is 15.9. The highest BCUT2D eigenvalue weighted by atomic mass is 32.1. The number of methoxy groups -OCH3 is 1. The number of rotatable bonds is 10. The highest BCUT2D eigenvalue weighted by molar-refractivity contribution is 7.71. The Balaban J connectivity index is 1.73. The van der Waals surface area contributed by atoms with Crippen molar-refractivity contribution in [2.24, 2.45) is 0 Å². The molecule has 174 valence electrons. The van der Waals surface area contributed by atoms with Crippen LogP contribution in [-0.4, -0.2) is 41.8 Å². The van der Waals surface area contributed by atoms with Gasteiger partial charge in [-0.1, -0.05) is 13.3 Å². The van der Waals surface area contributed by atoms with Gasteiger partial charge in [0.25, 0.3) is 11.5 Å². The normalized spacial score (nSPS) is 10.8. The number of unbranched alkanes of at least 4 members (excludes halogenated alkanes) is 1. The predicted molar refractivity (Wildman–Crippen MR) is 129 cm³/mol. The maximum Gasteiger partial charge on any atom is 0.338 e. The Hall–Kier alpha value is -3.30. The van der Waals surface area contributed by atoms with Crippen LogP contribution in [0.3, 0.4) is 0 Å². The fourth-order valence-corrected chi connectivity index (χ4v) is 3.54. The van der Waals surface area contributed by atoms with Crippen LogP contribution in [0.1, 0.15) is 46.9 Å². The van der Waals surface area contributed by atoms with Crippen LogP contribution in [0.25, 0.3) is 10.9 Å². The molecule has 2 aromatic carbocycles. The summed E-state index contributed by atoms with van der Waals surface area (Å²) >= 11 is 5.33. The lowest BCUT2D eigenvalue weighted by Gasteiger charge is -2.10. The number of carbonyl (C=O) groups is 2. The van der Waals surface area contributed by atoms with Gasteiger partial charge in [0.05, 0.1) is 23.1 Å². The zero-order valence-corrected chi connectivity index (χ0v) is 19.5. The van der Waals surface area contributed by atoms with Gasteiger partial charge in [-0.3, -0.25) is 14.2 Å². The minimum Gasteiger partial charge on any atom is -0.462 e. The highest BCUT2D eigenvalue weighted by Gasteiger charge is 2.12. The van der Waals surface area contributed by atoms with E-state index in [1.807, 2.05) is 6.92 Å². The van der Waals surface area contributed by atoms with Crippen molar-refractivity contribution in [2.45, 2.75) is 32.7 Å². The van der Waals surface area contributed by atoms with Crippen molar-refractivity contribution >= 4 is 40.7 Å².